The van der Waals surface area contributed by atoms with Gasteiger partial charge in [-0.3, -0.25) is 4.79 Å². The summed E-state index contributed by atoms with van der Waals surface area (Å²) >= 11 is 0. The van der Waals surface area contributed by atoms with Crippen molar-refractivity contribution in [3.05, 3.63) is 24.3 Å². The number of benzene rings is 1. The monoisotopic (exact) mass is 218 g/mol. The zero-order valence-electron chi connectivity index (χ0n) is 8.46. The average molecular weight is 218 g/mol. The van der Waals surface area contributed by atoms with Gasteiger partial charge in [0, 0.05) is 12.8 Å². The summed E-state index contributed by atoms with van der Waals surface area (Å²) in [5.41, 5.74) is 1.57. The topological polar surface area (TPSA) is 69.0 Å². The third-order valence-corrected chi connectivity index (χ3v) is 2.50. The van der Waals surface area contributed by atoms with E-state index in [9.17, 15) is 4.79 Å². The number of amides is 1. The molecule has 1 amide bonds. The molecule has 1 aromatic heterocycles. The minimum Gasteiger partial charge on any atom is -0.370 e. The van der Waals surface area contributed by atoms with E-state index in [4.69, 9.17) is 4.84 Å². The first kappa shape index (κ1) is 9.14. The van der Waals surface area contributed by atoms with Crippen molar-refractivity contribution in [2.24, 2.45) is 0 Å². The van der Waals surface area contributed by atoms with E-state index in [0.717, 1.165) is 11.0 Å². The van der Waals surface area contributed by atoms with E-state index in [0.29, 0.717) is 12.8 Å². The maximum Gasteiger partial charge on any atom is 0.223 e. The van der Waals surface area contributed by atoms with Gasteiger partial charge in [-0.05, 0) is 17.3 Å². The summed E-state index contributed by atoms with van der Waals surface area (Å²) in [5.74, 6) is 0.00872. The number of fused-ring (bicyclic) bond motifs is 1. The van der Waals surface area contributed by atoms with E-state index in [-0.39, 0.29) is 12.1 Å². The number of hydrogen-bond donors (Lipinski definition) is 1. The van der Waals surface area contributed by atoms with Crippen molar-refractivity contribution in [3.63, 3.8) is 0 Å². The van der Waals surface area contributed by atoms with Gasteiger partial charge in [0.15, 0.2) is 6.23 Å². The van der Waals surface area contributed by atoms with Crippen LogP contribution in [0.25, 0.3) is 11.0 Å². The molecule has 2 aromatic rings. The van der Waals surface area contributed by atoms with Crippen LogP contribution in [0, 0.1) is 0 Å². The molecule has 0 bridgehead atoms. The molecule has 0 aliphatic carbocycles. The zero-order chi connectivity index (χ0) is 11.0. The first-order chi connectivity index (χ1) is 7.83. The van der Waals surface area contributed by atoms with Crippen molar-refractivity contribution < 1.29 is 9.63 Å². The molecule has 16 heavy (non-hydrogen) atoms. The van der Waals surface area contributed by atoms with Crippen LogP contribution in [0.5, 0.6) is 0 Å². The van der Waals surface area contributed by atoms with E-state index in [1.54, 1.807) is 0 Å². The van der Waals surface area contributed by atoms with E-state index in [1.165, 1.54) is 4.85 Å². The molecule has 2 heterocycles. The Balaban J connectivity index is 1.86. The summed E-state index contributed by atoms with van der Waals surface area (Å²) in [5, 5.41) is 10.5. The molecular weight excluding hydrogens is 208 g/mol. The lowest BCUT2D eigenvalue weighted by Gasteiger charge is -2.11. The summed E-state index contributed by atoms with van der Waals surface area (Å²) in [6, 6.07) is 7.50. The lowest BCUT2D eigenvalue weighted by Crippen LogP contribution is -2.35. The number of carbonyl (C=O) groups excluding carboxylic acids is 1. The normalized spacial score (nSPS) is 20.0. The van der Waals surface area contributed by atoms with E-state index in [2.05, 4.69) is 15.6 Å². The van der Waals surface area contributed by atoms with E-state index >= 15 is 0 Å². The Morgan fingerprint density at radius 3 is 3.12 bits per heavy atom. The second-order valence-electron chi connectivity index (χ2n) is 3.65. The number of nitrogens with one attached hydrogen (secondary N) is 1. The standard InChI is InChI=1S/C10H10N4O2/c15-9-5-6-10(11-9)16-14-8-4-2-1-3-7(8)12-13-14/h1-4,10H,5-6H2,(H,11,15). The summed E-state index contributed by atoms with van der Waals surface area (Å²) in [4.78, 5) is 17.9. The molecule has 1 saturated heterocycles. The van der Waals surface area contributed by atoms with Crippen LogP contribution < -0.4 is 10.2 Å². The molecule has 0 radical (unpaired) electrons. The van der Waals surface area contributed by atoms with Crippen molar-refractivity contribution in [1.82, 2.24) is 20.5 Å². The number of para-hydroxylation sites is 1. The molecule has 1 atom stereocenters. The fourth-order valence-corrected chi connectivity index (χ4v) is 1.71. The lowest BCUT2D eigenvalue weighted by atomic mass is 10.3. The Morgan fingerprint density at radius 2 is 2.31 bits per heavy atom. The SMILES string of the molecule is O=C1CCC(On2nnc3ccccc32)N1. The van der Waals surface area contributed by atoms with Crippen LogP contribution in [0.15, 0.2) is 24.3 Å². The first-order valence-electron chi connectivity index (χ1n) is 5.10. The Kier molecular flexibility index (Phi) is 1.99. The molecule has 6 heteroatoms. The van der Waals surface area contributed by atoms with Crippen molar-refractivity contribution in [2.75, 3.05) is 0 Å². The molecule has 1 aliphatic heterocycles. The highest BCUT2D eigenvalue weighted by Gasteiger charge is 2.23. The molecule has 1 N–H and O–H groups in total. The van der Waals surface area contributed by atoms with Crippen LogP contribution in [-0.2, 0) is 4.79 Å². The Hall–Kier alpha value is -2.11. The van der Waals surface area contributed by atoms with Crippen LogP contribution in [0.1, 0.15) is 12.8 Å². The minimum absolute atomic E-state index is 0.00872. The molecule has 3 rings (SSSR count). The highest BCUT2D eigenvalue weighted by molar-refractivity contribution is 5.78. The maximum atomic E-state index is 11.0. The van der Waals surface area contributed by atoms with E-state index < -0.39 is 0 Å². The maximum absolute atomic E-state index is 11.0. The van der Waals surface area contributed by atoms with Crippen LogP contribution in [0.3, 0.4) is 0 Å². The molecular formula is C10H10N4O2. The van der Waals surface area contributed by atoms with Gasteiger partial charge in [-0.25, -0.2) is 0 Å². The Bertz CT molecular complexity index is 536. The first-order valence-corrected chi connectivity index (χ1v) is 5.10. The predicted molar refractivity (Wildman–Crippen MR) is 55.3 cm³/mol. The molecule has 1 fully saturated rings. The molecule has 6 nitrogen and oxygen atoms in total. The minimum atomic E-state index is -0.308. The molecule has 82 valence electrons. The third kappa shape index (κ3) is 1.48. The van der Waals surface area contributed by atoms with Crippen LogP contribution in [0.4, 0.5) is 0 Å². The van der Waals surface area contributed by atoms with Gasteiger partial charge >= 0.3 is 0 Å². The van der Waals surface area contributed by atoms with Crippen LogP contribution in [-0.4, -0.2) is 27.3 Å². The molecule has 1 aromatic carbocycles. The van der Waals surface area contributed by atoms with Gasteiger partial charge in [-0.2, -0.15) is 0 Å². The number of carbonyl (C=O) groups is 1. The van der Waals surface area contributed by atoms with Gasteiger partial charge in [0.2, 0.25) is 5.91 Å². The highest BCUT2D eigenvalue weighted by Crippen LogP contribution is 2.11. The smallest absolute Gasteiger partial charge is 0.223 e. The van der Waals surface area contributed by atoms with Gasteiger partial charge in [0.25, 0.3) is 0 Å². The van der Waals surface area contributed by atoms with Gasteiger partial charge in [-0.15, -0.1) is 5.10 Å². The number of rotatable bonds is 2. The number of nitrogens with zero attached hydrogens (tertiary/aromatic N) is 3. The van der Waals surface area contributed by atoms with Gasteiger partial charge < -0.3 is 10.2 Å². The van der Waals surface area contributed by atoms with Gasteiger partial charge in [0.05, 0.1) is 0 Å². The molecule has 0 saturated carbocycles. The largest absolute Gasteiger partial charge is 0.370 e. The summed E-state index contributed by atoms with van der Waals surface area (Å²) in [7, 11) is 0. The van der Waals surface area contributed by atoms with Gasteiger partial charge in [-0.1, -0.05) is 17.0 Å². The fraction of sp³-hybridized carbons (Fsp3) is 0.300. The highest BCUT2D eigenvalue weighted by atomic mass is 16.7. The second kappa shape index (κ2) is 3.48. The third-order valence-electron chi connectivity index (χ3n) is 2.50. The number of hydrogen-bond acceptors (Lipinski definition) is 4. The van der Waals surface area contributed by atoms with Gasteiger partial charge in [0.1, 0.15) is 11.0 Å². The molecule has 1 unspecified atom stereocenters. The van der Waals surface area contributed by atoms with Crippen LogP contribution in [0.2, 0.25) is 0 Å². The molecule has 1 aliphatic rings. The van der Waals surface area contributed by atoms with Crippen molar-refractivity contribution in [2.45, 2.75) is 19.1 Å². The average Bonchev–Trinajstić information content (AvgIpc) is 2.87. The Labute approximate surface area is 91.1 Å². The van der Waals surface area contributed by atoms with Crippen molar-refractivity contribution in [3.8, 4) is 0 Å². The van der Waals surface area contributed by atoms with Crippen molar-refractivity contribution >= 4 is 16.9 Å². The zero-order valence-corrected chi connectivity index (χ0v) is 8.46. The predicted octanol–water partition coefficient (Wildman–Crippen LogP) is 0.0960. The quantitative estimate of drug-likeness (QED) is 0.776. The molecule has 0 spiro atoms. The van der Waals surface area contributed by atoms with Crippen molar-refractivity contribution in [1.29, 1.82) is 0 Å². The fourth-order valence-electron chi connectivity index (χ4n) is 1.71. The Morgan fingerprint density at radius 1 is 1.44 bits per heavy atom. The number of aromatic nitrogens is 3. The second-order valence-corrected chi connectivity index (χ2v) is 3.65. The summed E-state index contributed by atoms with van der Waals surface area (Å²) < 4.78 is 0. The van der Waals surface area contributed by atoms with E-state index in [1.807, 2.05) is 24.3 Å². The van der Waals surface area contributed by atoms with Crippen LogP contribution >= 0.6 is 0 Å². The summed E-state index contributed by atoms with van der Waals surface area (Å²) in [6.07, 6.45) is 0.849. The lowest BCUT2D eigenvalue weighted by molar-refractivity contribution is -0.121. The summed E-state index contributed by atoms with van der Waals surface area (Å²) in [6.45, 7) is 0.